The van der Waals surface area contributed by atoms with Gasteiger partial charge in [-0.2, -0.15) is 18.3 Å². The number of nitrogens with zero attached hydrogens (tertiary/aromatic N) is 2. The Balaban J connectivity index is 1.57. The van der Waals surface area contributed by atoms with E-state index in [1.165, 1.54) is 18.9 Å². The van der Waals surface area contributed by atoms with Crippen molar-refractivity contribution in [2.75, 3.05) is 5.32 Å². The number of carbonyl (C=O) groups excluding carboxylic acids is 1. The van der Waals surface area contributed by atoms with Crippen LogP contribution in [0.3, 0.4) is 0 Å². The molecule has 0 saturated heterocycles. The number of aromatic nitrogens is 3. The molecule has 1 fully saturated rings. The molecular weight excluding hydrogens is 321 g/mol. The summed E-state index contributed by atoms with van der Waals surface area (Å²) in [4.78, 5) is 15.7. The highest BCUT2D eigenvalue weighted by molar-refractivity contribution is 5.91. The number of anilines is 1. The van der Waals surface area contributed by atoms with Gasteiger partial charge >= 0.3 is 6.18 Å². The second-order valence-electron chi connectivity index (χ2n) is 5.95. The second kappa shape index (κ2) is 6.62. The van der Waals surface area contributed by atoms with Gasteiger partial charge in [-0.05, 0) is 25.0 Å². The maximum atomic E-state index is 12.5. The summed E-state index contributed by atoms with van der Waals surface area (Å²) in [5, 5.41) is 9.63. The molecule has 2 aromatic rings. The molecule has 1 aliphatic carbocycles. The lowest BCUT2D eigenvalue weighted by Crippen LogP contribution is -2.16. The predicted molar refractivity (Wildman–Crippen MR) is 81.4 cm³/mol. The molecule has 5 nitrogen and oxygen atoms in total. The minimum Gasteiger partial charge on any atom is -0.309 e. The lowest BCUT2D eigenvalue weighted by Gasteiger charge is -2.06. The fourth-order valence-corrected chi connectivity index (χ4v) is 2.89. The van der Waals surface area contributed by atoms with Crippen LogP contribution >= 0.6 is 0 Å². The van der Waals surface area contributed by atoms with Crippen LogP contribution in [0.4, 0.5) is 19.0 Å². The molecule has 2 aromatic heterocycles. The molecule has 2 N–H and O–H groups in total. The van der Waals surface area contributed by atoms with Gasteiger partial charge in [0.15, 0.2) is 5.82 Å². The van der Waals surface area contributed by atoms with E-state index in [4.69, 9.17) is 0 Å². The van der Waals surface area contributed by atoms with Crippen LogP contribution in [-0.4, -0.2) is 21.1 Å². The second-order valence-corrected chi connectivity index (χ2v) is 5.95. The summed E-state index contributed by atoms with van der Waals surface area (Å²) in [6.07, 6.45) is 0.824. The van der Waals surface area contributed by atoms with E-state index in [0.29, 0.717) is 11.7 Å². The first-order valence-electron chi connectivity index (χ1n) is 7.79. The van der Waals surface area contributed by atoms with E-state index in [-0.39, 0.29) is 18.0 Å². The molecule has 1 saturated carbocycles. The third-order valence-corrected chi connectivity index (χ3v) is 4.15. The van der Waals surface area contributed by atoms with Crippen LogP contribution < -0.4 is 5.32 Å². The maximum Gasteiger partial charge on any atom is 0.417 e. The number of nitrogens with one attached hydrogen (secondary N) is 2. The van der Waals surface area contributed by atoms with Crippen LogP contribution in [0.25, 0.3) is 0 Å². The molecule has 8 heteroatoms. The summed E-state index contributed by atoms with van der Waals surface area (Å²) in [6, 6.07) is 3.94. The molecule has 128 valence electrons. The molecule has 0 bridgehead atoms. The van der Waals surface area contributed by atoms with Crippen LogP contribution in [0.2, 0.25) is 0 Å². The highest BCUT2D eigenvalue weighted by Gasteiger charge is 2.30. The summed E-state index contributed by atoms with van der Waals surface area (Å²) >= 11 is 0. The summed E-state index contributed by atoms with van der Waals surface area (Å²) in [6.45, 7) is 0. The van der Waals surface area contributed by atoms with Crippen LogP contribution in [-0.2, 0) is 17.4 Å². The fourth-order valence-electron chi connectivity index (χ4n) is 2.89. The topological polar surface area (TPSA) is 70.7 Å². The molecule has 0 spiro atoms. The Morgan fingerprint density at radius 3 is 2.67 bits per heavy atom. The van der Waals surface area contributed by atoms with Crippen LogP contribution in [0.1, 0.15) is 48.6 Å². The Bertz CT molecular complexity index is 703. The van der Waals surface area contributed by atoms with Crippen molar-refractivity contribution < 1.29 is 18.0 Å². The van der Waals surface area contributed by atoms with Crippen molar-refractivity contribution in [3.05, 3.63) is 41.3 Å². The van der Waals surface area contributed by atoms with Gasteiger partial charge in [-0.3, -0.25) is 14.9 Å². The van der Waals surface area contributed by atoms with E-state index < -0.39 is 11.7 Å². The van der Waals surface area contributed by atoms with Gasteiger partial charge in [-0.1, -0.05) is 12.8 Å². The molecule has 24 heavy (non-hydrogen) atoms. The summed E-state index contributed by atoms with van der Waals surface area (Å²) in [5.74, 6) is 0.514. The number of H-pyrrole nitrogens is 1. The van der Waals surface area contributed by atoms with Gasteiger partial charge in [-0.15, -0.1) is 0 Å². The Morgan fingerprint density at radius 1 is 1.29 bits per heavy atom. The quantitative estimate of drug-likeness (QED) is 0.894. The fraction of sp³-hybridized carbons (Fsp3) is 0.438. The van der Waals surface area contributed by atoms with Gasteiger partial charge in [-0.25, -0.2) is 0 Å². The van der Waals surface area contributed by atoms with E-state index in [1.54, 1.807) is 0 Å². The number of rotatable bonds is 4. The Kier molecular flexibility index (Phi) is 4.55. The van der Waals surface area contributed by atoms with E-state index in [1.807, 2.05) is 6.07 Å². The molecule has 1 aliphatic rings. The van der Waals surface area contributed by atoms with Gasteiger partial charge in [0, 0.05) is 29.6 Å². The zero-order chi connectivity index (χ0) is 17.2. The summed E-state index contributed by atoms with van der Waals surface area (Å²) in [5.41, 5.74) is 0.447. The Labute approximate surface area is 136 Å². The molecule has 0 aromatic carbocycles. The minimum absolute atomic E-state index is 0.107. The SMILES string of the molecule is O=C(Cc1ccc(C(F)(F)F)cn1)Nc1cc(C2CCCC2)[nH]n1. The van der Waals surface area contributed by atoms with E-state index >= 15 is 0 Å². The third-order valence-electron chi connectivity index (χ3n) is 4.15. The lowest BCUT2D eigenvalue weighted by molar-refractivity contribution is -0.137. The zero-order valence-corrected chi connectivity index (χ0v) is 12.9. The van der Waals surface area contributed by atoms with E-state index in [2.05, 4.69) is 20.5 Å². The van der Waals surface area contributed by atoms with Crippen molar-refractivity contribution in [1.82, 2.24) is 15.2 Å². The van der Waals surface area contributed by atoms with Gasteiger partial charge in [0.25, 0.3) is 0 Å². The first-order chi connectivity index (χ1) is 11.4. The van der Waals surface area contributed by atoms with Gasteiger partial charge in [0.2, 0.25) is 5.91 Å². The maximum absolute atomic E-state index is 12.5. The predicted octanol–water partition coefficient (Wildman–Crippen LogP) is 3.66. The number of amides is 1. The van der Waals surface area contributed by atoms with Crippen molar-refractivity contribution in [3.8, 4) is 0 Å². The number of aromatic amines is 1. The zero-order valence-electron chi connectivity index (χ0n) is 12.9. The lowest BCUT2D eigenvalue weighted by atomic mass is 10.0. The van der Waals surface area contributed by atoms with Gasteiger partial charge in [0.05, 0.1) is 12.0 Å². The number of hydrogen-bond donors (Lipinski definition) is 2. The number of pyridine rings is 1. The molecule has 2 heterocycles. The van der Waals surface area contributed by atoms with Crippen molar-refractivity contribution in [3.63, 3.8) is 0 Å². The number of halogens is 3. The average Bonchev–Trinajstić information content (AvgIpc) is 3.17. The van der Waals surface area contributed by atoms with E-state index in [0.717, 1.165) is 30.8 Å². The van der Waals surface area contributed by atoms with Gasteiger partial charge < -0.3 is 5.32 Å². The summed E-state index contributed by atoms with van der Waals surface area (Å²) in [7, 11) is 0. The molecule has 0 radical (unpaired) electrons. The highest BCUT2D eigenvalue weighted by atomic mass is 19.4. The highest BCUT2D eigenvalue weighted by Crippen LogP contribution is 2.33. The van der Waals surface area contributed by atoms with Crippen molar-refractivity contribution in [2.45, 2.75) is 44.2 Å². The molecule has 0 aliphatic heterocycles. The van der Waals surface area contributed by atoms with Gasteiger partial charge in [0.1, 0.15) is 0 Å². The molecule has 3 rings (SSSR count). The number of carbonyl (C=O) groups is 1. The molecule has 0 unspecified atom stereocenters. The van der Waals surface area contributed by atoms with Crippen molar-refractivity contribution in [1.29, 1.82) is 0 Å². The number of alkyl halides is 3. The molecule has 0 atom stereocenters. The van der Waals surface area contributed by atoms with Crippen LogP contribution in [0, 0.1) is 0 Å². The largest absolute Gasteiger partial charge is 0.417 e. The molecule has 1 amide bonds. The minimum atomic E-state index is -4.43. The third kappa shape index (κ3) is 3.93. The first-order valence-corrected chi connectivity index (χ1v) is 7.79. The Morgan fingerprint density at radius 2 is 2.04 bits per heavy atom. The normalized spacial score (nSPS) is 15.6. The first kappa shape index (κ1) is 16.5. The standard InChI is InChI=1S/C16H17F3N4O/c17-16(18,19)11-5-6-12(20-9-11)7-15(24)21-14-8-13(22-23-14)10-3-1-2-4-10/h5-6,8-10H,1-4,7H2,(H2,21,22,23,24). The van der Waals surface area contributed by atoms with Crippen molar-refractivity contribution in [2.24, 2.45) is 0 Å². The molecular formula is C16H17F3N4O. The Hall–Kier alpha value is -2.38. The van der Waals surface area contributed by atoms with Crippen LogP contribution in [0.5, 0.6) is 0 Å². The summed E-state index contributed by atoms with van der Waals surface area (Å²) < 4.78 is 37.4. The van der Waals surface area contributed by atoms with E-state index in [9.17, 15) is 18.0 Å². The van der Waals surface area contributed by atoms with Crippen molar-refractivity contribution >= 4 is 11.7 Å². The van der Waals surface area contributed by atoms with Crippen LogP contribution in [0.15, 0.2) is 24.4 Å². The monoisotopic (exact) mass is 338 g/mol. The average molecular weight is 338 g/mol. The smallest absolute Gasteiger partial charge is 0.309 e. The number of hydrogen-bond acceptors (Lipinski definition) is 3.